The number of carbonyl (C=O) groups is 1. The van der Waals surface area contributed by atoms with E-state index in [1.165, 1.54) is 29.1 Å². The van der Waals surface area contributed by atoms with E-state index < -0.39 is 17.8 Å². The van der Waals surface area contributed by atoms with Crippen LogP contribution in [0.15, 0.2) is 48.8 Å². The summed E-state index contributed by atoms with van der Waals surface area (Å²) < 4.78 is 51.7. The van der Waals surface area contributed by atoms with Crippen molar-refractivity contribution in [1.29, 1.82) is 0 Å². The number of nitrogens with two attached hydrogens (primary N) is 1. The first-order valence-electron chi connectivity index (χ1n) is 9.67. The van der Waals surface area contributed by atoms with Crippen LogP contribution in [0.4, 0.5) is 17.6 Å². The average Bonchev–Trinajstić information content (AvgIpc) is 3.08. The third kappa shape index (κ3) is 5.25. The van der Waals surface area contributed by atoms with Crippen molar-refractivity contribution in [3.05, 3.63) is 77.1 Å². The fraction of sp³-hybridized carbons (Fsp3) is 0.182. The number of benzene rings is 1. The summed E-state index contributed by atoms with van der Waals surface area (Å²) in [5, 5.41) is 8.83. The summed E-state index contributed by atoms with van der Waals surface area (Å²) in [6.45, 7) is 3.42. The summed E-state index contributed by atoms with van der Waals surface area (Å²) in [5.41, 5.74) is 1.57. The molecule has 0 saturated carbocycles. The molecule has 0 saturated heterocycles. The van der Waals surface area contributed by atoms with E-state index in [2.05, 4.69) is 15.0 Å². The van der Waals surface area contributed by atoms with Crippen molar-refractivity contribution in [2.24, 2.45) is 0 Å². The van der Waals surface area contributed by atoms with Gasteiger partial charge in [-0.2, -0.15) is 13.2 Å². The van der Waals surface area contributed by atoms with E-state index in [-0.39, 0.29) is 11.4 Å². The van der Waals surface area contributed by atoms with Crippen molar-refractivity contribution in [1.82, 2.24) is 19.6 Å². The number of fused-ring (bicyclic) bond motifs is 1. The van der Waals surface area contributed by atoms with E-state index in [0.29, 0.717) is 40.1 Å². The smallest absolute Gasteiger partial charge is 0.433 e. The SMILES string of the molecule is CCc1cn(N)c2ccc(C(F)(F)F)nc12.Cc1nc(-c2cccc(F)c2)ncc1C(=O)O. The number of aromatic nitrogens is 4. The minimum absolute atomic E-state index is 0.0464. The number of hydrogen-bond donors (Lipinski definition) is 2. The number of carboxylic acids is 1. The molecule has 4 rings (SSSR count). The normalized spacial score (nSPS) is 11.2. The van der Waals surface area contributed by atoms with Crippen LogP contribution in [0.25, 0.3) is 22.4 Å². The van der Waals surface area contributed by atoms with Crippen LogP contribution in [0.2, 0.25) is 0 Å². The molecule has 0 aliphatic carbocycles. The lowest BCUT2D eigenvalue weighted by atomic mass is 10.2. The zero-order valence-electron chi connectivity index (χ0n) is 17.6. The van der Waals surface area contributed by atoms with E-state index >= 15 is 0 Å². The number of carboxylic acid groups (broad SMARTS) is 1. The lowest BCUT2D eigenvalue weighted by Gasteiger charge is -2.05. The number of hydrogen-bond acceptors (Lipinski definition) is 5. The molecule has 11 heteroatoms. The van der Waals surface area contributed by atoms with Crippen LogP contribution in [0.1, 0.15) is 34.2 Å². The van der Waals surface area contributed by atoms with Gasteiger partial charge < -0.3 is 10.9 Å². The van der Waals surface area contributed by atoms with Gasteiger partial charge in [0.2, 0.25) is 0 Å². The molecule has 0 bridgehead atoms. The van der Waals surface area contributed by atoms with Crippen molar-refractivity contribution in [3.8, 4) is 11.4 Å². The van der Waals surface area contributed by atoms with Gasteiger partial charge in [0.1, 0.15) is 11.5 Å². The summed E-state index contributed by atoms with van der Waals surface area (Å²) in [7, 11) is 0. The first-order valence-corrected chi connectivity index (χ1v) is 9.67. The lowest BCUT2D eigenvalue weighted by molar-refractivity contribution is -0.140. The fourth-order valence-corrected chi connectivity index (χ4v) is 3.06. The Hall–Kier alpha value is -4.02. The minimum Gasteiger partial charge on any atom is -0.478 e. The second-order valence-electron chi connectivity index (χ2n) is 6.99. The highest BCUT2D eigenvalue weighted by atomic mass is 19.4. The molecule has 0 spiro atoms. The van der Waals surface area contributed by atoms with Crippen molar-refractivity contribution < 1.29 is 27.5 Å². The molecule has 172 valence electrons. The Kier molecular flexibility index (Phi) is 6.61. The monoisotopic (exact) mass is 461 g/mol. The third-order valence-corrected chi connectivity index (χ3v) is 4.72. The number of nitrogens with zero attached hydrogens (tertiary/aromatic N) is 4. The number of rotatable bonds is 3. The van der Waals surface area contributed by atoms with Gasteiger partial charge in [-0.05, 0) is 43.2 Å². The predicted molar refractivity (Wildman–Crippen MR) is 113 cm³/mol. The van der Waals surface area contributed by atoms with E-state index in [9.17, 15) is 22.4 Å². The topological polar surface area (TPSA) is 107 Å². The lowest BCUT2D eigenvalue weighted by Crippen LogP contribution is -2.09. The van der Waals surface area contributed by atoms with Crippen molar-refractivity contribution in [2.75, 3.05) is 5.84 Å². The molecule has 0 aliphatic rings. The molecule has 3 heterocycles. The van der Waals surface area contributed by atoms with Crippen LogP contribution in [0.3, 0.4) is 0 Å². The molecule has 0 amide bonds. The van der Waals surface area contributed by atoms with Crippen LogP contribution < -0.4 is 5.84 Å². The summed E-state index contributed by atoms with van der Waals surface area (Å²) in [5.74, 6) is 4.46. The third-order valence-electron chi connectivity index (χ3n) is 4.72. The van der Waals surface area contributed by atoms with Gasteiger partial charge in [0.25, 0.3) is 0 Å². The maximum absolute atomic E-state index is 13.0. The van der Waals surface area contributed by atoms with Crippen LogP contribution >= 0.6 is 0 Å². The Morgan fingerprint density at radius 3 is 2.48 bits per heavy atom. The number of nitrogen functional groups attached to an aromatic ring is 1. The quantitative estimate of drug-likeness (QED) is 0.341. The van der Waals surface area contributed by atoms with E-state index in [1.807, 2.05) is 6.92 Å². The van der Waals surface area contributed by atoms with Crippen LogP contribution in [0.5, 0.6) is 0 Å². The zero-order valence-corrected chi connectivity index (χ0v) is 17.6. The summed E-state index contributed by atoms with van der Waals surface area (Å²) >= 11 is 0. The molecule has 0 atom stereocenters. The minimum atomic E-state index is -4.42. The number of halogens is 4. The van der Waals surface area contributed by atoms with Crippen LogP contribution in [0, 0.1) is 12.7 Å². The summed E-state index contributed by atoms with van der Waals surface area (Å²) in [6, 6.07) is 8.11. The molecule has 0 fully saturated rings. The number of alkyl halides is 3. The maximum atomic E-state index is 13.0. The highest BCUT2D eigenvalue weighted by Gasteiger charge is 2.32. The highest BCUT2D eigenvalue weighted by molar-refractivity contribution is 5.88. The molecule has 4 aromatic rings. The molecule has 0 unspecified atom stereocenters. The first kappa shape index (κ1) is 23.6. The highest BCUT2D eigenvalue weighted by Crippen LogP contribution is 2.30. The molecule has 33 heavy (non-hydrogen) atoms. The molecule has 0 aliphatic heterocycles. The van der Waals surface area contributed by atoms with Gasteiger partial charge in [-0.1, -0.05) is 19.1 Å². The average molecular weight is 461 g/mol. The van der Waals surface area contributed by atoms with E-state index in [1.54, 1.807) is 25.3 Å². The standard InChI is InChI=1S/C12H9FN2O2.C10H10F3N3/c1-7-10(12(16)17)6-14-11(15-7)8-3-2-4-9(13)5-8;1-2-6-5-16(14)7-3-4-8(10(11,12)13)15-9(6)7/h2-6H,1H3,(H,16,17);3-5H,2,14H2,1H3. The second kappa shape index (κ2) is 9.23. The molecular weight excluding hydrogens is 442 g/mol. The molecule has 3 N–H and O–H groups in total. The van der Waals surface area contributed by atoms with Gasteiger partial charge in [0, 0.05) is 18.0 Å². The maximum Gasteiger partial charge on any atom is 0.433 e. The van der Waals surface area contributed by atoms with Crippen molar-refractivity contribution >= 4 is 17.0 Å². The van der Waals surface area contributed by atoms with Crippen LogP contribution in [-0.2, 0) is 12.6 Å². The second-order valence-corrected chi connectivity index (χ2v) is 6.99. The Labute approximate surface area is 185 Å². The number of aromatic carboxylic acids is 1. The van der Waals surface area contributed by atoms with E-state index in [0.717, 1.165) is 6.07 Å². The zero-order chi connectivity index (χ0) is 24.3. The van der Waals surface area contributed by atoms with Crippen molar-refractivity contribution in [3.63, 3.8) is 0 Å². The number of pyridine rings is 1. The predicted octanol–water partition coefficient (Wildman–Crippen LogP) is 4.62. The van der Waals surface area contributed by atoms with Gasteiger partial charge in [-0.15, -0.1) is 0 Å². The van der Waals surface area contributed by atoms with Gasteiger partial charge in [-0.3, -0.25) is 4.68 Å². The van der Waals surface area contributed by atoms with Gasteiger partial charge >= 0.3 is 12.1 Å². The Bertz CT molecular complexity index is 1320. The molecule has 0 radical (unpaired) electrons. The van der Waals surface area contributed by atoms with Gasteiger partial charge in [0.05, 0.1) is 22.3 Å². The molecule has 1 aromatic carbocycles. The summed E-state index contributed by atoms with van der Waals surface area (Å²) in [4.78, 5) is 22.4. The Balaban J connectivity index is 0.000000186. The van der Waals surface area contributed by atoms with E-state index in [4.69, 9.17) is 10.9 Å². The molecule has 7 nitrogen and oxygen atoms in total. The Morgan fingerprint density at radius 2 is 1.91 bits per heavy atom. The Morgan fingerprint density at radius 1 is 1.18 bits per heavy atom. The number of aryl methyl sites for hydroxylation is 2. The largest absolute Gasteiger partial charge is 0.478 e. The summed E-state index contributed by atoms with van der Waals surface area (Å²) in [6.07, 6.45) is -1.01. The van der Waals surface area contributed by atoms with Gasteiger partial charge in [-0.25, -0.2) is 24.1 Å². The molecular formula is C22H19F4N5O2. The molecule has 3 aromatic heterocycles. The van der Waals surface area contributed by atoms with Gasteiger partial charge in [0.15, 0.2) is 5.82 Å². The van der Waals surface area contributed by atoms with Crippen molar-refractivity contribution in [2.45, 2.75) is 26.4 Å². The van der Waals surface area contributed by atoms with Crippen LogP contribution in [-0.4, -0.2) is 30.7 Å². The first-order chi connectivity index (χ1) is 15.5. The fourth-order valence-electron chi connectivity index (χ4n) is 3.06.